The van der Waals surface area contributed by atoms with E-state index in [-0.39, 0.29) is 5.91 Å². The molecule has 0 atom stereocenters. The van der Waals surface area contributed by atoms with Gasteiger partial charge in [-0.2, -0.15) is 0 Å². The minimum absolute atomic E-state index is 0.181. The first-order valence-electron chi connectivity index (χ1n) is 10.9. The van der Waals surface area contributed by atoms with Crippen molar-refractivity contribution < 1.29 is 14.3 Å². The number of para-hydroxylation sites is 1. The van der Waals surface area contributed by atoms with Crippen molar-refractivity contribution in [3.05, 3.63) is 65.5 Å². The highest BCUT2D eigenvalue weighted by Gasteiger charge is 2.34. The van der Waals surface area contributed by atoms with Gasteiger partial charge in [-0.05, 0) is 62.9 Å². The second-order valence-corrected chi connectivity index (χ2v) is 7.50. The van der Waals surface area contributed by atoms with Crippen molar-refractivity contribution in [1.82, 2.24) is 20.3 Å². The summed E-state index contributed by atoms with van der Waals surface area (Å²) in [5.41, 5.74) is 3.33. The van der Waals surface area contributed by atoms with Crippen LogP contribution < -0.4 is 14.8 Å². The summed E-state index contributed by atoms with van der Waals surface area (Å²) in [4.78, 5) is 12.9. The Morgan fingerprint density at radius 3 is 2.52 bits per heavy atom. The molecule has 1 aliphatic rings. The van der Waals surface area contributed by atoms with E-state index in [9.17, 15) is 4.79 Å². The topological polar surface area (TPSA) is 78.3 Å². The lowest BCUT2D eigenvalue weighted by atomic mass is 10.1. The fourth-order valence-corrected chi connectivity index (χ4v) is 3.59. The van der Waals surface area contributed by atoms with Gasteiger partial charge in [-0.25, -0.2) is 4.68 Å². The molecule has 7 nitrogen and oxygen atoms in total. The van der Waals surface area contributed by atoms with Crippen molar-refractivity contribution in [2.75, 3.05) is 19.8 Å². The quantitative estimate of drug-likeness (QED) is 0.538. The monoisotopic (exact) mass is 420 g/mol. The van der Waals surface area contributed by atoms with Crippen LogP contribution in [0.3, 0.4) is 0 Å². The van der Waals surface area contributed by atoms with Crippen molar-refractivity contribution in [2.45, 2.75) is 39.0 Å². The lowest BCUT2D eigenvalue weighted by molar-refractivity contribution is 0.0948. The van der Waals surface area contributed by atoms with Crippen LogP contribution in [0.4, 0.5) is 0 Å². The molecule has 7 heteroatoms. The van der Waals surface area contributed by atoms with E-state index in [1.54, 1.807) is 4.68 Å². The van der Waals surface area contributed by atoms with Gasteiger partial charge in [-0.3, -0.25) is 4.79 Å². The Bertz CT molecular complexity index is 1030. The summed E-state index contributed by atoms with van der Waals surface area (Å²) in [5.74, 6) is 1.63. The molecule has 0 bridgehead atoms. The molecular weight excluding hydrogens is 392 g/mol. The fourth-order valence-electron chi connectivity index (χ4n) is 3.59. The molecule has 0 unspecified atom stereocenters. The Morgan fingerprint density at radius 2 is 1.81 bits per heavy atom. The highest BCUT2D eigenvalue weighted by atomic mass is 16.5. The molecule has 1 aliphatic carbocycles. The predicted molar refractivity (Wildman–Crippen MR) is 118 cm³/mol. The summed E-state index contributed by atoms with van der Waals surface area (Å²) in [5, 5.41) is 11.5. The van der Waals surface area contributed by atoms with Gasteiger partial charge in [0.15, 0.2) is 17.2 Å². The Morgan fingerprint density at radius 1 is 1.06 bits per heavy atom. The zero-order chi connectivity index (χ0) is 21.6. The molecule has 31 heavy (non-hydrogen) atoms. The number of hydrogen-bond donors (Lipinski definition) is 1. The van der Waals surface area contributed by atoms with Gasteiger partial charge in [-0.15, -0.1) is 5.10 Å². The van der Waals surface area contributed by atoms with Gasteiger partial charge in [-0.1, -0.05) is 29.5 Å². The highest BCUT2D eigenvalue weighted by Crippen LogP contribution is 2.41. The van der Waals surface area contributed by atoms with Crippen LogP contribution in [0, 0.1) is 0 Å². The number of carbonyl (C=O) groups is 1. The van der Waals surface area contributed by atoms with Crippen molar-refractivity contribution in [2.24, 2.45) is 0 Å². The van der Waals surface area contributed by atoms with E-state index in [1.807, 2.05) is 62.4 Å². The number of amides is 1. The van der Waals surface area contributed by atoms with E-state index in [1.165, 1.54) is 0 Å². The molecule has 1 fully saturated rings. The molecule has 0 aliphatic heterocycles. The van der Waals surface area contributed by atoms with Gasteiger partial charge in [0, 0.05) is 12.5 Å². The second kappa shape index (κ2) is 9.64. The number of benzene rings is 2. The van der Waals surface area contributed by atoms with Gasteiger partial charge < -0.3 is 14.8 Å². The minimum Gasteiger partial charge on any atom is -0.490 e. The third-order valence-corrected chi connectivity index (χ3v) is 5.19. The SMILES string of the molecule is CCOc1ccc(CCNC(=O)c2nnn(-c3ccccc3)c2C2CC2)cc1OCC. The number of carbonyl (C=O) groups excluding carboxylic acids is 1. The first-order valence-corrected chi connectivity index (χ1v) is 10.9. The lowest BCUT2D eigenvalue weighted by Gasteiger charge is -2.12. The van der Waals surface area contributed by atoms with Crippen LogP contribution in [0.2, 0.25) is 0 Å². The maximum Gasteiger partial charge on any atom is 0.273 e. The number of nitrogens with one attached hydrogen (secondary N) is 1. The summed E-state index contributed by atoms with van der Waals surface area (Å²) in [6.45, 7) is 5.55. The van der Waals surface area contributed by atoms with Crippen LogP contribution >= 0.6 is 0 Å². The van der Waals surface area contributed by atoms with Gasteiger partial charge in [0.1, 0.15) is 0 Å². The zero-order valence-corrected chi connectivity index (χ0v) is 18.0. The van der Waals surface area contributed by atoms with E-state index in [4.69, 9.17) is 9.47 Å². The molecular formula is C24H28N4O3. The predicted octanol–water partition coefficient (Wildman–Crippen LogP) is 3.91. The summed E-state index contributed by atoms with van der Waals surface area (Å²) in [6, 6.07) is 15.7. The molecule has 1 aromatic heterocycles. The van der Waals surface area contributed by atoms with E-state index >= 15 is 0 Å². The van der Waals surface area contributed by atoms with E-state index < -0.39 is 0 Å². The van der Waals surface area contributed by atoms with Crippen LogP contribution in [0.25, 0.3) is 5.69 Å². The van der Waals surface area contributed by atoms with Crippen molar-refractivity contribution >= 4 is 5.91 Å². The average molecular weight is 421 g/mol. The summed E-state index contributed by atoms with van der Waals surface area (Å²) in [6.07, 6.45) is 2.81. The Balaban J connectivity index is 1.43. The first kappa shape index (κ1) is 20.9. The van der Waals surface area contributed by atoms with Gasteiger partial charge in [0.2, 0.25) is 0 Å². The highest BCUT2D eigenvalue weighted by molar-refractivity contribution is 5.93. The number of ether oxygens (including phenoxy) is 2. The molecule has 0 spiro atoms. The van der Waals surface area contributed by atoms with Crippen molar-refractivity contribution in [3.63, 3.8) is 0 Å². The smallest absolute Gasteiger partial charge is 0.273 e. The number of hydrogen-bond acceptors (Lipinski definition) is 5. The minimum atomic E-state index is -0.181. The lowest BCUT2D eigenvalue weighted by Crippen LogP contribution is -2.27. The first-order chi connectivity index (χ1) is 15.2. The third-order valence-electron chi connectivity index (χ3n) is 5.19. The largest absolute Gasteiger partial charge is 0.490 e. The molecule has 1 saturated carbocycles. The Kier molecular flexibility index (Phi) is 6.50. The van der Waals surface area contributed by atoms with Crippen LogP contribution in [0.5, 0.6) is 11.5 Å². The maximum absolute atomic E-state index is 12.9. The average Bonchev–Trinajstić information content (AvgIpc) is 3.53. The summed E-state index contributed by atoms with van der Waals surface area (Å²) in [7, 11) is 0. The van der Waals surface area contributed by atoms with Gasteiger partial charge >= 0.3 is 0 Å². The fraction of sp³-hybridized carbons (Fsp3) is 0.375. The van der Waals surface area contributed by atoms with Crippen LogP contribution in [-0.4, -0.2) is 40.7 Å². The Labute approximate surface area is 182 Å². The van der Waals surface area contributed by atoms with Crippen LogP contribution in [-0.2, 0) is 6.42 Å². The molecule has 0 saturated heterocycles. The van der Waals surface area contributed by atoms with E-state index in [0.717, 1.165) is 41.3 Å². The zero-order valence-electron chi connectivity index (χ0n) is 18.0. The molecule has 0 radical (unpaired) electrons. The standard InChI is InChI=1S/C24H28N4O3/c1-3-30-20-13-10-17(16-21(20)31-4-2)14-15-25-24(29)22-23(18-11-12-18)28(27-26-22)19-8-6-5-7-9-19/h5-10,13,16,18H,3-4,11-12,14-15H2,1-2H3,(H,25,29). The molecule has 1 N–H and O–H groups in total. The summed E-state index contributed by atoms with van der Waals surface area (Å²) >= 11 is 0. The Hall–Kier alpha value is -3.35. The van der Waals surface area contributed by atoms with Gasteiger partial charge in [0.05, 0.1) is 24.6 Å². The third kappa shape index (κ3) is 4.87. The van der Waals surface area contributed by atoms with E-state index in [2.05, 4.69) is 15.6 Å². The maximum atomic E-state index is 12.9. The van der Waals surface area contributed by atoms with E-state index in [0.29, 0.717) is 37.8 Å². The molecule has 1 amide bonds. The normalized spacial score (nSPS) is 13.1. The van der Waals surface area contributed by atoms with Crippen molar-refractivity contribution in [3.8, 4) is 17.2 Å². The molecule has 2 aromatic carbocycles. The number of rotatable bonds is 10. The summed E-state index contributed by atoms with van der Waals surface area (Å²) < 4.78 is 13.1. The number of nitrogens with zero attached hydrogens (tertiary/aromatic N) is 3. The second-order valence-electron chi connectivity index (χ2n) is 7.50. The van der Waals surface area contributed by atoms with Crippen LogP contribution in [0.15, 0.2) is 48.5 Å². The van der Waals surface area contributed by atoms with Crippen LogP contribution in [0.1, 0.15) is 54.4 Å². The molecule has 1 heterocycles. The molecule has 3 aromatic rings. The van der Waals surface area contributed by atoms with Gasteiger partial charge in [0.25, 0.3) is 5.91 Å². The number of aromatic nitrogens is 3. The molecule has 162 valence electrons. The van der Waals surface area contributed by atoms with Crippen molar-refractivity contribution in [1.29, 1.82) is 0 Å². The molecule has 4 rings (SSSR count).